The molecule has 0 spiro atoms. The first-order valence-electron chi connectivity index (χ1n) is 7.73. The highest BCUT2D eigenvalue weighted by atomic mass is 35.5. The number of para-hydroxylation sites is 1. The second kappa shape index (κ2) is 7.64. The van der Waals surface area contributed by atoms with Gasteiger partial charge in [0.15, 0.2) is 0 Å². The molecule has 2 aromatic carbocycles. The van der Waals surface area contributed by atoms with Crippen LogP contribution in [-0.2, 0) is 0 Å². The van der Waals surface area contributed by atoms with Gasteiger partial charge in [0.2, 0.25) is 0 Å². The number of nitriles is 1. The summed E-state index contributed by atoms with van der Waals surface area (Å²) in [5.41, 5.74) is 2.68. The molecule has 2 N–H and O–H groups in total. The van der Waals surface area contributed by atoms with Crippen molar-refractivity contribution in [3.8, 4) is 6.07 Å². The van der Waals surface area contributed by atoms with Gasteiger partial charge in [-0.05, 0) is 36.8 Å². The summed E-state index contributed by atoms with van der Waals surface area (Å²) in [6.07, 6.45) is 2.81. The summed E-state index contributed by atoms with van der Waals surface area (Å²) in [6, 6.07) is 14.4. The number of aromatic nitrogens is 2. The minimum Gasteiger partial charge on any atom is -0.338 e. The molecule has 1 amide bonds. The Balaban J connectivity index is 1.74. The van der Waals surface area contributed by atoms with E-state index in [-0.39, 0.29) is 11.6 Å². The molecule has 0 saturated heterocycles. The van der Waals surface area contributed by atoms with Gasteiger partial charge < -0.3 is 10.6 Å². The van der Waals surface area contributed by atoms with E-state index in [2.05, 4.69) is 26.7 Å². The normalized spacial score (nSPS) is 10.0. The van der Waals surface area contributed by atoms with Crippen molar-refractivity contribution in [2.75, 3.05) is 10.6 Å². The lowest BCUT2D eigenvalue weighted by molar-refractivity contribution is 0.102. The Hall–Kier alpha value is -3.43. The zero-order chi connectivity index (χ0) is 18.5. The van der Waals surface area contributed by atoms with Crippen LogP contribution in [0.2, 0.25) is 5.02 Å². The monoisotopic (exact) mass is 363 g/mol. The van der Waals surface area contributed by atoms with Crippen LogP contribution in [0.15, 0.2) is 54.9 Å². The summed E-state index contributed by atoms with van der Waals surface area (Å²) < 4.78 is 0. The van der Waals surface area contributed by atoms with Crippen LogP contribution in [0.4, 0.5) is 17.2 Å². The number of amides is 1. The van der Waals surface area contributed by atoms with E-state index >= 15 is 0 Å². The molecule has 1 heterocycles. The second-order valence-corrected chi connectivity index (χ2v) is 5.84. The average molecular weight is 364 g/mol. The number of nitrogens with zero attached hydrogens (tertiary/aromatic N) is 3. The van der Waals surface area contributed by atoms with E-state index < -0.39 is 0 Å². The van der Waals surface area contributed by atoms with Gasteiger partial charge in [-0.15, -0.1) is 0 Å². The van der Waals surface area contributed by atoms with Crippen LogP contribution in [0.25, 0.3) is 0 Å². The number of anilines is 3. The van der Waals surface area contributed by atoms with Gasteiger partial charge in [0.05, 0.1) is 23.6 Å². The molecule has 6 nitrogen and oxygen atoms in total. The number of hydrogen-bond acceptors (Lipinski definition) is 5. The van der Waals surface area contributed by atoms with E-state index in [1.54, 1.807) is 36.4 Å². The van der Waals surface area contributed by atoms with Gasteiger partial charge in [0.25, 0.3) is 5.91 Å². The van der Waals surface area contributed by atoms with Gasteiger partial charge in [-0.3, -0.25) is 4.79 Å². The molecule has 128 valence electrons. The third kappa shape index (κ3) is 3.79. The molecule has 0 aliphatic heterocycles. The van der Waals surface area contributed by atoms with E-state index in [1.807, 2.05) is 13.0 Å². The molecule has 3 rings (SSSR count). The van der Waals surface area contributed by atoms with Crippen LogP contribution in [0.1, 0.15) is 21.6 Å². The van der Waals surface area contributed by atoms with E-state index in [1.165, 1.54) is 12.4 Å². The summed E-state index contributed by atoms with van der Waals surface area (Å²) in [5, 5.41) is 15.5. The Morgan fingerprint density at radius 1 is 1.08 bits per heavy atom. The van der Waals surface area contributed by atoms with Crippen LogP contribution in [-0.4, -0.2) is 15.9 Å². The van der Waals surface area contributed by atoms with Crippen molar-refractivity contribution in [1.29, 1.82) is 5.26 Å². The van der Waals surface area contributed by atoms with Crippen LogP contribution < -0.4 is 10.6 Å². The minimum absolute atomic E-state index is 0.170. The molecule has 26 heavy (non-hydrogen) atoms. The predicted molar refractivity (Wildman–Crippen MR) is 101 cm³/mol. The van der Waals surface area contributed by atoms with E-state index in [0.29, 0.717) is 27.8 Å². The van der Waals surface area contributed by atoms with Crippen molar-refractivity contribution in [2.45, 2.75) is 6.92 Å². The molecule has 0 fully saturated rings. The fraction of sp³-hybridized carbons (Fsp3) is 0.0526. The smallest absolute Gasteiger partial charge is 0.275 e. The van der Waals surface area contributed by atoms with E-state index in [4.69, 9.17) is 16.9 Å². The SMILES string of the molecule is Cc1c(Cl)cccc1NC(=O)c1cnc(Nc2ccccc2C#N)cn1. The van der Waals surface area contributed by atoms with Crippen molar-refractivity contribution in [1.82, 2.24) is 9.97 Å². The summed E-state index contributed by atoms with van der Waals surface area (Å²) in [6.45, 7) is 1.82. The van der Waals surface area contributed by atoms with Crippen LogP contribution in [0.3, 0.4) is 0 Å². The maximum absolute atomic E-state index is 12.3. The lowest BCUT2D eigenvalue weighted by atomic mass is 10.2. The van der Waals surface area contributed by atoms with Gasteiger partial charge in [-0.2, -0.15) is 5.26 Å². The molecule has 0 unspecified atom stereocenters. The van der Waals surface area contributed by atoms with Crippen molar-refractivity contribution in [2.24, 2.45) is 0 Å². The first kappa shape index (κ1) is 17.4. The number of hydrogen-bond donors (Lipinski definition) is 2. The fourth-order valence-electron chi connectivity index (χ4n) is 2.27. The van der Waals surface area contributed by atoms with Crippen molar-refractivity contribution >= 4 is 34.7 Å². The molecule has 0 saturated carbocycles. The molecule has 1 aromatic heterocycles. The Kier molecular flexibility index (Phi) is 5.11. The van der Waals surface area contributed by atoms with E-state index in [9.17, 15) is 4.79 Å². The molecule has 0 aliphatic carbocycles. The van der Waals surface area contributed by atoms with Crippen LogP contribution >= 0.6 is 11.6 Å². The summed E-state index contributed by atoms with van der Waals surface area (Å²) in [4.78, 5) is 20.6. The highest BCUT2D eigenvalue weighted by molar-refractivity contribution is 6.31. The lowest BCUT2D eigenvalue weighted by Crippen LogP contribution is -2.15. The fourth-order valence-corrected chi connectivity index (χ4v) is 2.44. The second-order valence-electron chi connectivity index (χ2n) is 5.44. The molecular weight excluding hydrogens is 350 g/mol. The molecule has 0 radical (unpaired) electrons. The third-order valence-electron chi connectivity index (χ3n) is 3.71. The minimum atomic E-state index is -0.383. The summed E-state index contributed by atoms with van der Waals surface area (Å²) in [5.74, 6) is 0.0510. The van der Waals surface area contributed by atoms with Gasteiger partial charge in [-0.1, -0.05) is 29.8 Å². The Morgan fingerprint density at radius 3 is 2.58 bits per heavy atom. The quantitative estimate of drug-likeness (QED) is 0.720. The summed E-state index contributed by atoms with van der Waals surface area (Å²) >= 11 is 6.06. The first-order chi connectivity index (χ1) is 12.6. The number of carbonyl (C=O) groups is 1. The molecule has 0 aliphatic rings. The predicted octanol–water partition coefficient (Wildman–Crippen LogP) is 4.31. The highest BCUT2D eigenvalue weighted by Crippen LogP contribution is 2.23. The number of halogens is 1. The van der Waals surface area contributed by atoms with Crippen molar-refractivity contribution in [3.05, 3.63) is 76.7 Å². The Morgan fingerprint density at radius 2 is 1.85 bits per heavy atom. The number of carbonyl (C=O) groups excluding carboxylic acids is 1. The van der Waals surface area contributed by atoms with Crippen LogP contribution in [0.5, 0.6) is 0 Å². The number of benzene rings is 2. The maximum Gasteiger partial charge on any atom is 0.275 e. The standard InChI is InChI=1S/C19H14ClN5O/c1-12-14(20)6-4-8-15(12)25-19(26)17-10-23-18(11-22-17)24-16-7-3-2-5-13(16)9-21/h2-8,10-11H,1H3,(H,23,24)(H,25,26). The highest BCUT2D eigenvalue weighted by Gasteiger charge is 2.11. The summed E-state index contributed by atoms with van der Waals surface area (Å²) in [7, 11) is 0. The largest absolute Gasteiger partial charge is 0.338 e. The zero-order valence-electron chi connectivity index (χ0n) is 13.8. The maximum atomic E-state index is 12.3. The zero-order valence-corrected chi connectivity index (χ0v) is 14.6. The van der Waals surface area contributed by atoms with Crippen molar-refractivity contribution in [3.63, 3.8) is 0 Å². The van der Waals surface area contributed by atoms with Crippen LogP contribution in [0, 0.1) is 18.3 Å². The third-order valence-corrected chi connectivity index (χ3v) is 4.12. The van der Waals surface area contributed by atoms with Gasteiger partial charge in [-0.25, -0.2) is 9.97 Å². The molecule has 7 heteroatoms. The number of nitrogens with one attached hydrogen (secondary N) is 2. The van der Waals surface area contributed by atoms with E-state index in [0.717, 1.165) is 5.56 Å². The topological polar surface area (TPSA) is 90.7 Å². The number of rotatable bonds is 4. The average Bonchev–Trinajstić information content (AvgIpc) is 2.66. The Labute approximate surface area is 155 Å². The molecule has 3 aromatic rings. The van der Waals surface area contributed by atoms with Gasteiger partial charge >= 0.3 is 0 Å². The molecule has 0 atom stereocenters. The molecule has 0 bridgehead atoms. The van der Waals surface area contributed by atoms with Gasteiger partial charge in [0, 0.05) is 10.7 Å². The Bertz CT molecular complexity index is 996. The lowest BCUT2D eigenvalue weighted by Gasteiger charge is -2.10. The first-order valence-corrected chi connectivity index (χ1v) is 8.11. The molecular formula is C19H14ClN5O. The van der Waals surface area contributed by atoms with Crippen molar-refractivity contribution < 1.29 is 4.79 Å². The van der Waals surface area contributed by atoms with Gasteiger partial charge in [0.1, 0.15) is 17.6 Å².